The Morgan fingerprint density at radius 3 is 2.15 bits per heavy atom. The monoisotopic (exact) mass is 577 g/mol. The summed E-state index contributed by atoms with van der Waals surface area (Å²) in [6.07, 6.45) is -0.248. The predicted molar refractivity (Wildman–Crippen MR) is 148 cm³/mol. The second-order valence-electron chi connectivity index (χ2n) is 9.16. The second kappa shape index (κ2) is 16.1. The van der Waals surface area contributed by atoms with Gasteiger partial charge in [-0.1, -0.05) is 30.3 Å². The summed E-state index contributed by atoms with van der Waals surface area (Å²) in [5, 5.41) is 21.6. The van der Waals surface area contributed by atoms with Gasteiger partial charge in [0.15, 0.2) is 0 Å². The van der Waals surface area contributed by atoms with Crippen molar-refractivity contribution in [2.45, 2.75) is 56.8 Å². The first-order valence-electron chi connectivity index (χ1n) is 12.6. The molecule has 1 heterocycles. The van der Waals surface area contributed by atoms with Gasteiger partial charge < -0.3 is 37.4 Å². The predicted octanol–water partition coefficient (Wildman–Crippen LogP) is -2.14. The van der Waals surface area contributed by atoms with Gasteiger partial charge in [-0.3, -0.25) is 33.8 Å². The molecule has 5 amide bonds. The lowest BCUT2D eigenvalue weighted by Crippen LogP contribution is -2.58. The summed E-state index contributed by atoms with van der Waals surface area (Å²) in [7, 11) is 0. The third kappa shape index (κ3) is 10.9. The maximum atomic E-state index is 13.3. The number of carbonyl (C=O) groups is 6. The van der Waals surface area contributed by atoms with Gasteiger partial charge in [0.2, 0.25) is 29.5 Å². The van der Waals surface area contributed by atoms with Gasteiger partial charge in [0.05, 0.1) is 18.8 Å². The molecule has 8 N–H and O–H groups in total. The molecule has 1 fully saturated rings. The van der Waals surface area contributed by atoms with Crippen molar-refractivity contribution in [1.29, 1.82) is 0 Å². The van der Waals surface area contributed by atoms with E-state index in [0.29, 0.717) is 24.4 Å². The fraction of sp³-hybridized carbons (Fsp3) is 0.480. The molecule has 1 aromatic rings. The van der Waals surface area contributed by atoms with E-state index < -0.39 is 72.6 Å². The van der Waals surface area contributed by atoms with E-state index in [2.05, 4.69) is 44.2 Å². The van der Waals surface area contributed by atoms with Crippen LogP contribution >= 0.6 is 12.6 Å². The molecule has 1 aliphatic rings. The van der Waals surface area contributed by atoms with Gasteiger partial charge in [-0.2, -0.15) is 12.6 Å². The molecule has 4 atom stereocenters. The zero-order valence-electron chi connectivity index (χ0n) is 22.0. The lowest BCUT2D eigenvalue weighted by molar-refractivity contribution is -0.141. The molecule has 0 aromatic heterocycles. The van der Waals surface area contributed by atoms with Crippen LogP contribution < -0.4 is 32.3 Å². The number of aliphatic imine (C=N–C) groups is 1. The maximum absolute atomic E-state index is 13.3. The summed E-state index contributed by atoms with van der Waals surface area (Å²) >= 11 is 4.17. The van der Waals surface area contributed by atoms with Crippen LogP contribution in [-0.4, -0.2) is 89.5 Å². The number of hydrogen-bond acceptors (Lipinski definition) is 8. The van der Waals surface area contributed by atoms with Crippen molar-refractivity contribution >= 4 is 54.0 Å². The average Bonchev–Trinajstić information content (AvgIpc) is 2.90. The first kappa shape index (κ1) is 32.1. The van der Waals surface area contributed by atoms with E-state index in [1.807, 2.05) is 0 Å². The van der Waals surface area contributed by atoms with Crippen LogP contribution in [0.4, 0.5) is 0 Å². The Hall–Kier alpha value is -4.14. The van der Waals surface area contributed by atoms with Crippen LogP contribution in [0.2, 0.25) is 0 Å². The molecule has 2 rings (SSSR count). The van der Waals surface area contributed by atoms with Crippen molar-refractivity contribution in [2.75, 3.05) is 18.8 Å². The van der Waals surface area contributed by atoms with Crippen molar-refractivity contribution < 1.29 is 33.9 Å². The number of amidine groups is 1. The van der Waals surface area contributed by atoms with Gasteiger partial charge in [-0.15, -0.1) is 0 Å². The minimum Gasteiger partial charge on any atom is -0.481 e. The van der Waals surface area contributed by atoms with E-state index in [9.17, 15) is 33.9 Å². The third-order valence-electron chi connectivity index (χ3n) is 5.83. The van der Waals surface area contributed by atoms with Gasteiger partial charge in [-0.25, -0.2) is 0 Å². The highest BCUT2D eigenvalue weighted by Gasteiger charge is 2.32. The molecule has 15 heteroatoms. The van der Waals surface area contributed by atoms with E-state index in [1.54, 1.807) is 37.3 Å². The fourth-order valence-corrected chi connectivity index (χ4v) is 4.07. The molecular weight excluding hydrogens is 542 g/mol. The number of hydrogen-bond donors (Lipinski definition) is 8. The Bertz CT molecular complexity index is 1110. The molecule has 1 aromatic carbocycles. The summed E-state index contributed by atoms with van der Waals surface area (Å²) in [6.45, 7) is 1.32. The van der Waals surface area contributed by atoms with Crippen LogP contribution in [0.1, 0.15) is 31.7 Å². The van der Waals surface area contributed by atoms with Crippen LogP contribution in [0.3, 0.4) is 0 Å². The molecule has 0 bridgehead atoms. The lowest BCUT2D eigenvalue weighted by Gasteiger charge is -2.25. The summed E-state index contributed by atoms with van der Waals surface area (Å²) in [5.41, 5.74) is 6.21. The SMILES string of the molecule is CC(N)=NCCC[C@@H]1NC(=O)[C@H](CS)NC(=O)[C@@H](Cc2ccccc2)NC(=O)[C@H](CC(=O)O)NC(=O)CNC1=O. The molecular formula is C25H35N7O7S. The Kier molecular flexibility index (Phi) is 12.9. The first-order chi connectivity index (χ1) is 19.0. The zero-order valence-corrected chi connectivity index (χ0v) is 22.9. The highest BCUT2D eigenvalue weighted by atomic mass is 32.1. The van der Waals surface area contributed by atoms with E-state index in [4.69, 9.17) is 5.73 Å². The van der Waals surface area contributed by atoms with Gasteiger partial charge in [0.1, 0.15) is 24.2 Å². The molecule has 0 aliphatic carbocycles. The van der Waals surface area contributed by atoms with Gasteiger partial charge in [0.25, 0.3) is 0 Å². The van der Waals surface area contributed by atoms with Crippen molar-refractivity contribution in [3.8, 4) is 0 Å². The fourth-order valence-electron chi connectivity index (χ4n) is 3.81. The van der Waals surface area contributed by atoms with Gasteiger partial charge in [0, 0.05) is 18.7 Å². The highest BCUT2D eigenvalue weighted by molar-refractivity contribution is 7.80. The number of thiol groups is 1. The number of benzene rings is 1. The first-order valence-corrected chi connectivity index (χ1v) is 13.2. The van der Waals surface area contributed by atoms with Gasteiger partial charge in [-0.05, 0) is 25.3 Å². The van der Waals surface area contributed by atoms with E-state index in [-0.39, 0.29) is 18.6 Å². The van der Waals surface area contributed by atoms with Crippen molar-refractivity contribution in [1.82, 2.24) is 26.6 Å². The molecule has 1 saturated heterocycles. The molecule has 0 radical (unpaired) electrons. The van der Waals surface area contributed by atoms with E-state index in [0.717, 1.165) is 0 Å². The lowest BCUT2D eigenvalue weighted by atomic mass is 10.0. The largest absolute Gasteiger partial charge is 0.481 e. The van der Waals surface area contributed by atoms with E-state index >= 15 is 0 Å². The third-order valence-corrected chi connectivity index (χ3v) is 6.20. The zero-order chi connectivity index (χ0) is 29.7. The Balaban J connectivity index is 2.38. The number of rotatable bonds is 9. The molecule has 14 nitrogen and oxygen atoms in total. The maximum Gasteiger partial charge on any atom is 0.305 e. The van der Waals surface area contributed by atoms with Crippen LogP contribution in [0.25, 0.3) is 0 Å². The minimum atomic E-state index is -1.54. The van der Waals surface area contributed by atoms with Crippen molar-refractivity contribution in [2.24, 2.45) is 10.7 Å². The molecule has 218 valence electrons. The number of amides is 5. The summed E-state index contributed by atoms with van der Waals surface area (Å²) in [6, 6.07) is 3.68. The topological polar surface area (TPSA) is 221 Å². The molecule has 1 aliphatic heterocycles. The minimum absolute atomic E-state index is 0.0107. The average molecular weight is 578 g/mol. The van der Waals surface area contributed by atoms with Crippen molar-refractivity contribution in [3.63, 3.8) is 0 Å². The Morgan fingerprint density at radius 2 is 1.52 bits per heavy atom. The number of nitrogens with two attached hydrogens (primary N) is 1. The van der Waals surface area contributed by atoms with Gasteiger partial charge >= 0.3 is 5.97 Å². The van der Waals surface area contributed by atoms with Crippen LogP contribution in [0, 0.1) is 0 Å². The summed E-state index contributed by atoms with van der Waals surface area (Å²) in [4.78, 5) is 80.2. The molecule has 0 unspecified atom stereocenters. The number of nitrogens with one attached hydrogen (secondary N) is 5. The summed E-state index contributed by atoms with van der Waals surface area (Å²) in [5.74, 6) is -5.04. The van der Waals surface area contributed by atoms with Crippen LogP contribution in [0.5, 0.6) is 0 Å². The van der Waals surface area contributed by atoms with Crippen molar-refractivity contribution in [3.05, 3.63) is 35.9 Å². The Labute approximate surface area is 236 Å². The second-order valence-corrected chi connectivity index (χ2v) is 9.52. The number of carboxylic acid groups (broad SMARTS) is 1. The quantitative estimate of drug-likeness (QED) is 0.0698. The number of nitrogens with zero attached hydrogens (tertiary/aromatic N) is 1. The number of carboxylic acids is 1. The Morgan fingerprint density at radius 1 is 0.925 bits per heavy atom. The molecule has 40 heavy (non-hydrogen) atoms. The highest BCUT2D eigenvalue weighted by Crippen LogP contribution is 2.07. The normalized spacial score (nSPS) is 23.4. The van der Waals surface area contributed by atoms with Crippen LogP contribution in [-0.2, 0) is 35.2 Å². The standard InChI is InChI=1S/C25H35N7O7S/c1-14(26)27-9-5-8-16-22(36)28-12-20(33)29-18(11-21(34)35)24(38)31-17(10-15-6-3-2-4-7-15)23(37)32-19(13-40)25(39)30-16/h2-4,6-7,16-19,40H,5,8-13H2,1H3,(H2,26,27)(H,28,36)(H,29,33)(H,30,39)(H,31,38)(H,32,37)(H,34,35)/t16-,17+,18-,19-/m0/s1. The number of carbonyl (C=O) groups excluding carboxylic acids is 5. The molecule has 0 saturated carbocycles. The smallest absolute Gasteiger partial charge is 0.305 e. The van der Waals surface area contributed by atoms with E-state index in [1.165, 1.54) is 0 Å². The number of aliphatic carboxylic acids is 1. The summed E-state index contributed by atoms with van der Waals surface area (Å²) < 4.78 is 0. The molecule has 0 spiro atoms. The van der Waals surface area contributed by atoms with Crippen LogP contribution in [0.15, 0.2) is 35.3 Å².